The number of aryl methyl sites for hydroxylation is 2. The van der Waals surface area contributed by atoms with Crippen LogP contribution in [0.4, 0.5) is 10.1 Å². The minimum absolute atomic E-state index is 0.185. The molecule has 3 N–H and O–H groups in total. The number of hydrogen-bond acceptors (Lipinski definition) is 5. The van der Waals surface area contributed by atoms with Crippen LogP contribution in [0.25, 0.3) is 22.5 Å². The summed E-state index contributed by atoms with van der Waals surface area (Å²) in [6.07, 6.45) is 0. The van der Waals surface area contributed by atoms with Gasteiger partial charge in [0.15, 0.2) is 0 Å². The maximum atomic E-state index is 13.0. The number of H-pyrrole nitrogens is 2. The lowest BCUT2D eigenvalue weighted by Crippen LogP contribution is -2.05. The molecule has 0 saturated carbocycles. The Balaban J connectivity index is 0.000000182. The van der Waals surface area contributed by atoms with E-state index in [9.17, 15) is 14.0 Å². The van der Waals surface area contributed by atoms with Gasteiger partial charge < -0.3 is 5.32 Å². The second kappa shape index (κ2) is 10.3. The number of anilines is 1. The van der Waals surface area contributed by atoms with Crippen molar-refractivity contribution in [3.63, 3.8) is 0 Å². The van der Waals surface area contributed by atoms with E-state index in [1.54, 1.807) is 31.2 Å². The van der Waals surface area contributed by atoms with Gasteiger partial charge in [0.2, 0.25) is 0 Å². The number of aromatic nitrogens is 4. The molecule has 0 bridgehead atoms. The highest BCUT2D eigenvalue weighted by Gasteiger charge is 2.03. The van der Waals surface area contributed by atoms with Gasteiger partial charge in [0.1, 0.15) is 5.82 Å². The maximum absolute atomic E-state index is 13.0. The smallest absolute Gasteiger partial charge is 0.264 e. The summed E-state index contributed by atoms with van der Waals surface area (Å²) in [6.45, 7) is 6.70. The number of benzene rings is 2. The quantitative estimate of drug-likeness (QED) is 0.450. The SMILES string of the molecule is CCNc1ccc(-c2ccc(=O)[nH]n2)cc1C.Cc1cc(-c2ccc(=O)[nH]n2)ccc1F. The molecule has 0 atom stereocenters. The third-order valence-corrected chi connectivity index (χ3v) is 4.70. The van der Waals surface area contributed by atoms with Crippen LogP contribution in [0.15, 0.2) is 70.3 Å². The monoisotopic (exact) mass is 433 g/mol. The second-order valence-electron chi connectivity index (χ2n) is 7.14. The molecule has 4 aromatic rings. The van der Waals surface area contributed by atoms with Crippen molar-refractivity contribution in [2.75, 3.05) is 11.9 Å². The molecular weight excluding hydrogens is 409 g/mol. The van der Waals surface area contributed by atoms with Crippen molar-refractivity contribution >= 4 is 5.69 Å². The Labute approximate surface area is 184 Å². The van der Waals surface area contributed by atoms with Gasteiger partial charge in [0, 0.05) is 35.5 Å². The van der Waals surface area contributed by atoms with Crippen LogP contribution in [0.2, 0.25) is 0 Å². The fourth-order valence-electron chi connectivity index (χ4n) is 3.03. The van der Waals surface area contributed by atoms with Gasteiger partial charge in [-0.05, 0) is 74.4 Å². The number of aromatic amines is 2. The van der Waals surface area contributed by atoms with Crippen molar-refractivity contribution in [3.8, 4) is 22.5 Å². The van der Waals surface area contributed by atoms with Gasteiger partial charge in [0.25, 0.3) is 11.1 Å². The van der Waals surface area contributed by atoms with Crippen LogP contribution in [-0.4, -0.2) is 26.9 Å². The van der Waals surface area contributed by atoms with Crippen LogP contribution in [0, 0.1) is 19.7 Å². The highest BCUT2D eigenvalue weighted by Crippen LogP contribution is 2.22. The van der Waals surface area contributed by atoms with E-state index in [4.69, 9.17) is 0 Å². The van der Waals surface area contributed by atoms with Crippen LogP contribution in [0.1, 0.15) is 18.1 Å². The molecule has 164 valence electrons. The number of rotatable bonds is 4. The van der Waals surface area contributed by atoms with Gasteiger partial charge in [-0.2, -0.15) is 10.2 Å². The Bertz CT molecular complexity index is 1290. The summed E-state index contributed by atoms with van der Waals surface area (Å²) >= 11 is 0. The van der Waals surface area contributed by atoms with E-state index in [2.05, 4.69) is 38.7 Å². The first-order valence-corrected chi connectivity index (χ1v) is 10.1. The number of hydrogen-bond donors (Lipinski definition) is 3. The first kappa shape index (κ1) is 22.6. The van der Waals surface area contributed by atoms with E-state index < -0.39 is 0 Å². The van der Waals surface area contributed by atoms with Crippen molar-refractivity contribution in [3.05, 3.63) is 98.3 Å². The van der Waals surface area contributed by atoms with Crippen LogP contribution in [0.3, 0.4) is 0 Å². The zero-order valence-corrected chi connectivity index (χ0v) is 18.1. The summed E-state index contributed by atoms with van der Waals surface area (Å²) < 4.78 is 13.0. The lowest BCUT2D eigenvalue weighted by Gasteiger charge is -2.09. The molecule has 0 spiro atoms. The van der Waals surface area contributed by atoms with Crippen LogP contribution in [-0.2, 0) is 0 Å². The van der Waals surface area contributed by atoms with Gasteiger partial charge in [-0.25, -0.2) is 14.6 Å². The molecule has 0 unspecified atom stereocenters. The summed E-state index contributed by atoms with van der Waals surface area (Å²) in [5.41, 5.74) is 5.59. The summed E-state index contributed by atoms with van der Waals surface area (Å²) in [5.74, 6) is -0.247. The molecule has 4 rings (SSSR count). The first-order valence-electron chi connectivity index (χ1n) is 10.1. The summed E-state index contributed by atoms with van der Waals surface area (Å²) in [7, 11) is 0. The topological polar surface area (TPSA) is 104 Å². The highest BCUT2D eigenvalue weighted by atomic mass is 19.1. The first-order chi connectivity index (χ1) is 15.4. The van der Waals surface area contributed by atoms with Gasteiger partial charge >= 0.3 is 0 Å². The van der Waals surface area contributed by atoms with Crippen LogP contribution < -0.4 is 16.4 Å². The van der Waals surface area contributed by atoms with Crippen molar-refractivity contribution < 1.29 is 4.39 Å². The molecule has 2 aromatic carbocycles. The fourth-order valence-corrected chi connectivity index (χ4v) is 3.03. The number of nitrogens with zero attached hydrogens (tertiary/aromatic N) is 2. The van der Waals surface area contributed by atoms with E-state index in [1.165, 1.54) is 18.2 Å². The highest BCUT2D eigenvalue weighted by molar-refractivity contribution is 5.65. The molecule has 0 aliphatic heterocycles. The summed E-state index contributed by atoms with van der Waals surface area (Å²) in [4.78, 5) is 21.7. The Hall–Kier alpha value is -4.07. The minimum Gasteiger partial charge on any atom is -0.385 e. The average Bonchev–Trinajstić information content (AvgIpc) is 2.79. The molecule has 2 aromatic heterocycles. The third-order valence-electron chi connectivity index (χ3n) is 4.70. The second-order valence-corrected chi connectivity index (χ2v) is 7.14. The molecule has 32 heavy (non-hydrogen) atoms. The number of halogens is 1. The molecule has 0 fully saturated rings. The fraction of sp³-hybridized carbons (Fsp3) is 0.167. The van der Waals surface area contributed by atoms with Crippen molar-refractivity contribution in [2.45, 2.75) is 20.8 Å². The predicted octanol–water partition coefficient (Wildman–Crippen LogP) is 4.06. The Morgan fingerprint density at radius 3 is 1.75 bits per heavy atom. The lowest BCUT2D eigenvalue weighted by molar-refractivity contribution is 0.618. The van der Waals surface area contributed by atoms with Crippen molar-refractivity contribution in [1.29, 1.82) is 0 Å². The van der Waals surface area contributed by atoms with Crippen molar-refractivity contribution in [2.24, 2.45) is 0 Å². The van der Waals surface area contributed by atoms with E-state index >= 15 is 0 Å². The molecule has 0 aliphatic rings. The van der Waals surface area contributed by atoms with Crippen molar-refractivity contribution in [1.82, 2.24) is 20.4 Å². The summed E-state index contributed by atoms with van der Waals surface area (Å²) in [6, 6.07) is 17.0. The number of nitrogens with one attached hydrogen (secondary N) is 3. The molecule has 8 heteroatoms. The predicted molar refractivity (Wildman–Crippen MR) is 124 cm³/mol. The molecule has 0 amide bonds. The standard InChI is InChI=1S/C13H15N3O.C11H9FN2O/c1-3-14-11-5-4-10(8-9(11)2)12-6-7-13(17)16-15-12;1-7-6-8(2-3-9(7)12)10-4-5-11(15)14-13-10/h4-8,14H,3H2,1-2H3,(H,16,17);2-6H,1H3,(H,14,15). The van der Waals surface area contributed by atoms with E-state index in [-0.39, 0.29) is 16.9 Å². The zero-order valence-electron chi connectivity index (χ0n) is 18.1. The summed E-state index contributed by atoms with van der Waals surface area (Å²) in [5, 5.41) is 15.9. The van der Waals surface area contributed by atoms with E-state index in [0.29, 0.717) is 11.3 Å². The zero-order chi connectivity index (χ0) is 23.1. The molecular formula is C24H24FN5O2. The van der Waals surface area contributed by atoms with E-state index in [0.717, 1.165) is 34.6 Å². The minimum atomic E-state index is -0.252. The van der Waals surface area contributed by atoms with Gasteiger partial charge in [-0.3, -0.25) is 9.59 Å². The molecule has 2 heterocycles. The van der Waals surface area contributed by atoms with E-state index in [1.807, 2.05) is 19.1 Å². The largest absolute Gasteiger partial charge is 0.385 e. The van der Waals surface area contributed by atoms with Crippen LogP contribution in [0.5, 0.6) is 0 Å². The molecule has 0 radical (unpaired) electrons. The molecule has 0 aliphatic carbocycles. The maximum Gasteiger partial charge on any atom is 0.264 e. The third kappa shape index (κ3) is 5.75. The molecule has 7 nitrogen and oxygen atoms in total. The van der Waals surface area contributed by atoms with Gasteiger partial charge in [0.05, 0.1) is 11.4 Å². The van der Waals surface area contributed by atoms with Gasteiger partial charge in [-0.1, -0.05) is 6.07 Å². The Morgan fingerprint density at radius 1 is 0.781 bits per heavy atom. The van der Waals surface area contributed by atoms with Gasteiger partial charge in [-0.15, -0.1) is 0 Å². The lowest BCUT2D eigenvalue weighted by atomic mass is 10.1. The van der Waals surface area contributed by atoms with Crippen LogP contribution >= 0.6 is 0 Å². The Kier molecular flexibility index (Phi) is 7.28. The Morgan fingerprint density at radius 2 is 1.31 bits per heavy atom. The average molecular weight is 433 g/mol. The molecule has 0 saturated heterocycles. The normalized spacial score (nSPS) is 10.2.